The molecular weight excluding hydrogens is 273 g/mol. The van der Waals surface area contributed by atoms with Gasteiger partial charge in [0.1, 0.15) is 0 Å². The minimum absolute atomic E-state index is 0. The maximum atomic E-state index is 10.4. The maximum absolute atomic E-state index is 10.4. The van der Waals surface area contributed by atoms with Gasteiger partial charge in [-0.15, -0.1) is 13.2 Å². The second kappa shape index (κ2) is 25.4. The average molecular weight is 309 g/mol. The van der Waals surface area contributed by atoms with Crippen molar-refractivity contribution in [2.24, 2.45) is 11.8 Å². The normalized spacial score (nSPS) is 12.3. The first kappa shape index (κ1) is 29.5. The van der Waals surface area contributed by atoms with Crippen molar-refractivity contribution in [3.05, 3.63) is 0 Å². The summed E-state index contributed by atoms with van der Waals surface area (Å²) in [6, 6.07) is 0. The Balaban J connectivity index is -0.000000116. The molecule has 0 fully saturated rings. The predicted molar refractivity (Wildman–Crippen MR) is 90.6 cm³/mol. The third-order valence-corrected chi connectivity index (χ3v) is 3.56. The zero-order chi connectivity index (χ0) is 14.2. The van der Waals surface area contributed by atoms with Gasteiger partial charge in [0.25, 0.3) is 0 Å². The van der Waals surface area contributed by atoms with E-state index in [0.29, 0.717) is 11.8 Å². The molecule has 4 heteroatoms. The molecule has 0 aliphatic rings. The Labute approximate surface area is 159 Å². The third kappa shape index (κ3) is 21.7. The van der Waals surface area contributed by atoms with Crippen molar-refractivity contribution in [1.29, 1.82) is 0 Å². The van der Waals surface area contributed by atoms with Crippen LogP contribution < -0.4 is 10.2 Å². The first-order chi connectivity index (χ1) is 8.69. The number of unbranched alkanes of at least 4 members (excludes halogenated alkanes) is 2. The summed E-state index contributed by atoms with van der Waals surface area (Å²) in [5.74, 6) is 0.898. The van der Waals surface area contributed by atoms with Gasteiger partial charge < -0.3 is 10.2 Å². The molecule has 2 atom stereocenters. The van der Waals surface area contributed by atoms with Gasteiger partial charge in [-0.3, -0.25) is 0 Å². The minimum Gasteiger partial charge on any atom is -0.854 e. The molecule has 0 aliphatic heterocycles. The molecule has 0 aromatic rings. The molecule has 0 spiro atoms. The molecule has 0 saturated carbocycles. The van der Waals surface area contributed by atoms with Crippen LogP contribution in [-0.2, 0) is 0 Å². The summed E-state index contributed by atoms with van der Waals surface area (Å²) in [5, 5.41) is 20.7. The van der Waals surface area contributed by atoms with Gasteiger partial charge in [0, 0.05) is 0 Å². The number of rotatable bonds is 10. The second-order valence-corrected chi connectivity index (χ2v) is 5.17. The fourth-order valence-electron chi connectivity index (χ4n) is 1.80. The minimum atomic E-state index is 0. The summed E-state index contributed by atoms with van der Waals surface area (Å²) >= 11 is 0. The van der Waals surface area contributed by atoms with E-state index in [1.165, 1.54) is 25.7 Å². The van der Waals surface area contributed by atoms with E-state index in [2.05, 4.69) is 27.7 Å². The van der Waals surface area contributed by atoms with Crippen LogP contribution in [0, 0.1) is 11.8 Å². The number of hydrogen-bond donors (Lipinski definition) is 0. The van der Waals surface area contributed by atoms with E-state index in [4.69, 9.17) is 0 Å². The van der Waals surface area contributed by atoms with E-state index in [9.17, 15) is 10.2 Å². The molecule has 0 amide bonds. The Morgan fingerprint density at radius 2 is 1.00 bits per heavy atom. The van der Waals surface area contributed by atoms with E-state index in [-0.39, 0.29) is 59.3 Å². The predicted octanol–water partition coefficient (Wildman–Crippen LogP) is 1.83. The van der Waals surface area contributed by atoms with E-state index in [1.807, 2.05) is 0 Å². The van der Waals surface area contributed by atoms with Gasteiger partial charge in [0.15, 0.2) is 0 Å². The summed E-state index contributed by atoms with van der Waals surface area (Å²) in [6.45, 7) is 8.76. The zero-order valence-corrected chi connectivity index (χ0v) is 15.2. The maximum Gasteiger partial charge on any atom is 2.00 e. The Morgan fingerprint density at radius 1 is 0.700 bits per heavy atom. The van der Waals surface area contributed by atoms with Crippen molar-refractivity contribution in [2.45, 2.75) is 79.1 Å². The molecule has 0 N–H and O–H groups in total. The van der Waals surface area contributed by atoms with Gasteiger partial charge in [-0.25, -0.2) is 0 Å². The van der Waals surface area contributed by atoms with Crippen molar-refractivity contribution >= 4 is 46.1 Å². The summed E-state index contributed by atoms with van der Waals surface area (Å²) < 4.78 is 0. The van der Waals surface area contributed by atoms with Crippen molar-refractivity contribution in [1.82, 2.24) is 0 Å². The second-order valence-electron chi connectivity index (χ2n) is 5.17. The standard InChI is InChI=1S/2C8H17O.2Mg.2H/c2*1-3-5-6-8(4-2)7-9;;;;/h2*8H,3-7H2,1-2H3;;;;/q2*-1;;+2;;. The molecule has 116 valence electrons. The van der Waals surface area contributed by atoms with Crippen LogP contribution in [-0.4, -0.2) is 59.3 Å². The smallest absolute Gasteiger partial charge is 0.854 e. The summed E-state index contributed by atoms with van der Waals surface area (Å²) in [6.07, 6.45) is 9.27. The Hall–Kier alpha value is 1.45. The topological polar surface area (TPSA) is 46.1 Å². The van der Waals surface area contributed by atoms with Crippen LogP contribution in [0.5, 0.6) is 0 Å². The molecule has 2 unspecified atom stereocenters. The van der Waals surface area contributed by atoms with E-state index >= 15 is 0 Å². The zero-order valence-electron chi connectivity index (χ0n) is 13.7. The molecule has 2 nitrogen and oxygen atoms in total. The largest absolute Gasteiger partial charge is 2.00 e. The first-order valence-corrected chi connectivity index (χ1v) is 7.86. The first-order valence-electron chi connectivity index (χ1n) is 7.86. The van der Waals surface area contributed by atoms with Gasteiger partial charge in [-0.1, -0.05) is 90.9 Å². The molecule has 0 heterocycles. The number of hydrogen-bond acceptors (Lipinski definition) is 2. The van der Waals surface area contributed by atoms with Crippen LogP contribution >= 0.6 is 0 Å². The van der Waals surface area contributed by atoms with Crippen molar-refractivity contribution in [3.8, 4) is 0 Å². The Morgan fingerprint density at radius 3 is 1.15 bits per heavy atom. The quantitative estimate of drug-likeness (QED) is 0.578. The fourth-order valence-corrected chi connectivity index (χ4v) is 1.80. The monoisotopic (exact) mass is 308 g/mol. The van der Waals surface area contributed by atoms with Crippen molar-refractivity contribution in [2.75, 3.05) is 13.2 Å². The summed E-state index contributed by atoms with van der Waals surface area (Å²) in [4.78, 5) is 0. The summed E-state index contributed by atoms with van der Waals surface area (Å²) in [5.41, 5.74) is 0. The SMILES string of the molecule is CCCCC(CC)C[O-].CCCCC(CC)C[O-].[Mg+2].[MgH2]. The van der Waals surface area contributed by atoms with E-state index in [1.54, 1.807) is 0 Å². The molecule has 0 saturated heterocycles. The van der Waals surface area contributed by atoms with Gasteiger partial charge in [-0.2, -0.15) is 0 Å². The molecule has 0 aromatic heterocycles. The van der Waals surface area contributed by atoms with Crippen LogP contribution in [0.2, 0.25) is 0 Å². The molecule has 0 bridgehead atoms. The molecule has 0 rings (SSSR count). The van der Waals surface area contributed by atoms with E-state index < -0.39 is 0 Å². The van der Waals surface area contributed by atoms with Crippen LogP contribution in [0.1, 0.15) is 79.1 Å². The Kier molecular flexibility index (Phi) is 37.4. The molecule has 0 aromatic carbocycles. The summed E-state index contributed by atoms with van der Waals surface area (Å²) in [7, 11) is 0. The molecule has 20 heavy (non-hydrogen) atoms. The van der Waals surface area contributed by atoms with Gasteiger partial charge in [0.2, 0.25) is 0 Å². The van der Waals surface area contributed by atoms with E-state index in [0.717, 1.165) is 25.7 Å². The molecule has 0 radical (unpaired) electrons. The van der Waals surface area contributed by atoms with Crippen LogP contribution in [0.25, 0.3) is 0 Å². The van der Waals surface area contributed by atoms with Gasteiger partial charge in [-0.05, 0) is 0 Å². The van der Waals surface area contributed by atoms with Gasteiger partial charge >= 0.3 is 46.1 Å². The van der Waals surface area contributed by atoms with Crippen molar-refractivity contribution < 1.29 is 10.2 Å². The Bertz CT molecular complexity index is 122. The van der Waals surface area contributed by atoms with Gasteiger partial charge in [0.05, 0.1) is 0 Å². The average Bonchev–Trinajstić information content (AvgIpc) is 2.42. The van der Waals surface area contributed by atoms with Crippen molar-refractivity contribution in [3.63, 3.8) is 0 Å². The van der Waals surface area contributed by atoms with Crippen LogP contribution in [0.15, 0.2) is 0 Å². The molecular formula is C16H36Mg2O2. The third-order valence-electron chi connectivity index (χ3n) is 3.56. The van der Waals surface area contributed by atoms with Crippen LogP contribution in [0.4, 0.5) is 0 Å². The molecule has 0 aliphatic carbocycles. The fraction of sp³-hybridized carbons (Fsp3) is 1.00. The van der Waals surface area contributed by atoms with Crippen LogP contribution in [0.3, 0.4) is 0 Å².